The monoisotopic (exact) mass is 320 g/mol. The SMILES string of the molecule is CN(C)c1cccc(-c2ccc(O)cc2)c1.N=Nc1ccccn1. The van der Waals surface area contributed by atoms with Crippen molar-refractivity contribution in [1.29, 1.82) is 5.53 Å². The molecule has 0 bridgehead atoms. The minimum absolute atomic E-state index is 0.299. The van der Waals surface area contributed by atoms with Gasteiger partial charge in [-0.2, -0.15) is 0 Å². The van der Waals surface area contributed by atoms with Crippen molar-refractivity contribution in [2.24, 2.45) is 5.11 Å². The van der Waals surface area contributed by atoms with Crippen LogP contribution in [0.5, 0.6) is 5.75 Å². The van der Waals surface area contributed by atoms with Gasteiger partial charge in [0.1, 0.15) is 5.75 Å². The highest BCUT2D eigenvalue weighted by molar-refractivity contribution is 5.68. The zero-order valence-electron chi connectivity index (χ0n) is 13.7. The van der Waals surface area contributed by atoms with Crippen LogP contribution in [0.15, 0.2) is 78.0 Å². The highest BCUT2D eigenvalue weighted by atomic mass is 16.3. The molecule has 0 aliphatic rings. The third-order valence-electron chi connectivity index (χ3n) is 3.33. The Morgan fingerprint density at radius 3 is 2.21 bits per heavy atom. The lowest BCUT2D eigenvalue weighted by Crippen LogP contribution is -2.08. The second-order valence-electron chi connectivity index (χ2n) is 5.29. The molecule has 0 amide bonds. The van der Waals surface area contributed by atoms with Crippen molar-refractivity contribution < 1.29 is 5.11 Å². The van der Waals surface area contributed by atoms with Gasteiger partial charge in [0.2, 0.25) is 0 Å². The number of pyridine rings is 1. The Hall–Kier alpha value is -3.21. The van der Waals surface area contributed by atoms with Crippen molar-refractivity contribution in [3.05, 3.63) is 72.9 Å². The van der Waals surface area contributed by atoms with E-state index >= 15 is 0 Å². The van der Waals surface area contributed by atoms with E-state index in [1.807, 2.05) is 32.3 Å². The van der Waals surface area contributed by atoms with E-state index in [2.05, 4.69) is 33.2 Å². The molecular formula is C19H20N4O. The standard InChI is InChI=1S/C14H15NO.C5H5N3/c1-15(2)13-5-3-4-12(10-13)11-6-8-14(16)9-7-11;6-8-5-3-1-2-4-7-5/h3-10,16H,1-2H3;1-4,6H. The Morgan fingerprint density at radius 2 is 1.67 bits per heavy atom. The van der Waals surface area contributed by atoms with E-state index in [4.69, 9.17) is 5.53 Å². The molecular weight excluding hydrogens is 300 g/mol. The van der Waals surface area contributed by atoms with Gasteiger partial charge in [0, 0.05) is 26.0 Å². The molecule has 2 aromatic carbocycles. The number of aromatic hydroxyl groups is 1. The van der Waals surface area contributed by atoms with Gasteiger partial charge in [-0.15, -0.1) is 5.11 Å². The van der Waals surface area contributed by atoms with Crippen molar-refractivity contribution in [2.45, 2.75) is 0 Å². The smallest absolute Gasteiger partial charge is 0.173 e. The van der Waals surface area contributed by atoms with Crippen molar-refractivity contribution in [1.82, 2.24) is 4.98 Å². The summed E-state index contributed by atoms with van der Waals surface area (Å²) in [5, 5.41) is 12.3. The molecule has 0 unspecified atom stereocenters. The quantitative estimate of drug-likeness (QED) is 0.676. The Balaban J connectivity index is 0.000000219. The van der Waals surface area contributed by atoms with E-state index in [-0.39, 0.29) is 0 Å². The highest BCUT2D eigenvalue weighted by Gasteiger charge is 2.00. The van der Waals surface area contributed by atoms with E-state index in [1.54, 1.807) is 36.5 Å². The highest BCUT2D eigenvalue weighted by Crippen LogP contribution is 2.25. The normalized spacial score (nSPS) is 9.58. The van der Waals surface area contributed by atoms with Crippen LogP contribution >= 0.6 is 0 Å². The van der Waals surface area contributed by atoms with E-state index in [0.29, 0.717) is 11.6 Å². The van der Waals surface area contributed by atoms with Crippen LogP contribution in [0, 0.1) is 5.53 Å². The number of rotatable bonds is 3. The molecule has 24 heavy (non-hydrogen) atoms. The molecule has 1 aromatic heterocycles. The molecule has 3 rings (SSSR count). The minimum atomic E-state index is 0.299. The summed E-state index contributed by atoms with van der Waals surface area (Å²) in [6, 6.07) is 20.8. The molecule has 0 aliphatic carbocycles. The predicted molar refractivity (Wildman–Crippen MR) is 96.9 cm³/mol. The second-order valence-corrected chi connectivity index (χ2v) is 5.29. The van der Waals surface area contributed by atoms with Crippen molar-refractivity contribution >= 4 is 11.5 Å². The zero-order chi connectivity index (χ0) is 17.4. The third kappa shape index (κ3) is 4.91. The van der Waals surface area contributed by atoms with E-state index < -0.39 is 0 Å². The topological polar surface area (TPSA) is 72.6 Å². The van der Waals surface area contributed by atoms with Crippen LogP contribution in [0.1, 0.15) is 0 Å². The number of hydrogen-bond acceptors (Lipinski definition) is 5. The number of benzene rings is 2. The van der Waals surface area contributed by atoms with Gasteiger partial charge in [0.05, 0.1) is 0 Å². The van der Waals surface area contributed by atoms with Crippen LogP contribution < -0.4 is 4.90 Å². The van der Waals surface area contributed by atoms with Gasteiger partial charge in [-0.05, 0) is 47.5 Å². The first-order valence-corrected chi connectivity index (χ1v) is 7.45. The van der Waals surface area contributed by atoms with Gasteiger partial charge >= 0.3 is 0 Å². The van der Waals surface area contributed by atoms with Gasteiger partial charge in [-0.3, -0.25) is 0 Å². The first-order valence-electron chi connectivity index (χ1n) is 7.45. The van der Waals surface area contributed by atoms with E-state index in [0.717, 1.165) is 11.1 Å². The number of aromatic nitrogens is 1. The summed E-state index contributed by atoms with van der Waals surface area (Å²) in [6.45, 7) is 0. The van der Waals surface area contributed by atoms with Crippen molar-refractivity contribution in [2.75, 3.05) is 19.0 Å². The molecule has 3 aromatic rings. The number of anilines is 1. The summed E-state index contributed by atoms with van der Waals surface area (Å²) in [7, 11) is 4.05. The third-order valence-corrected chi connectivity index (χ3v) is 3.33. The number of nitrogens with one attached hydrogen (secondary N) is 1. The maximum Gasteiger partial charge on any atom is 0.173 e. The average Bonchev–Trinajstić information content (AvgIpc) is 2.63. The number of phenols is 1. The first kappa shape index (κ1) is 17.1. The molecule has 0 aliphatic heterocycles. The van der Waals surface area contributed by atoms with Crippen LogP contribution in [0.25, 0.3) is 11.1 Å². The summed E-state index contributed by atoms with van der Waals surface area (Å²) in [5.41, 5.74) is 9.95. The van der Waals surface area contributed by atoms with Crippen LogP contribution in [0.4, 0.5) is 11.5 Å². The maximum atomic E-state index is 9.24. The van der Waals surface area contributed by atoms with Crippen LogP contribution in [-0.4, -0.2) is 24.2 Å². The Kier molecular flexibility index (Phi) is 6.02. The van der Waals surface area contributed by atoms with Crippen LogP contribution in [-0.2, 0) is 0 Å². The maximum absolute atomic E-state index is 9.24. The first-order chi connectivity index (χ1) is 11.6. The lowest BCUT2D eigenvalue weighted by molar-refractivity contribution is 0.475. The van der Waals surface area contributed by atoms with Gasteiger partial charge in [-0.25, -0.2) is 10.5 Å². The van der Waals surface area contributed by atoms with Gasteiger partial charge in [-0.1, -0.05) is 30.3 Å². The van der Waals surface area contributed by atoms with Crippen LogP contribution in [0.2, 0.25) is 0 Å². The molecule has 1 heterocycles. The average molecular weight is 320 g/mol. The summed E-state index contributed by atoms with van der Waals surface area (Å²) in [5.74, 6) is 0.750. The number of phenolic OH excluding ortho intramolecular Hbond substituents is 1. The minimum Gasteiger partial charge on any atom is -0.508 e. The van der Waals surface area contributed by atoms with Crippen LogP contribution in [0.3, 0.4) is 0 Å². The molecule has 0 saturated heterocycles. The Labute approximate surface area is 141 Å². The fourth-order valence-electron chi connectivity index (χ4n) is 2.04. The molecule has 5 heteroatoms. The molecule has 5 nitrogen and oxygen atoms in total. The summed E-state index contributed by atoms with van der Waals surface area (Å²) >= 11 is 0. The van der Waals surface area contributed by atoms with Crippen molar-refractivity contribution in [3.8, 4) is 16.9 Å². The zero-order valence-corrected chi connectivity index (χ0v) is 13.7. The summed E-state index contributed by atoms with van der Waals surface area (Å²) < 4.78 is 0. The fraction of sp³-hybridized carbons (Fsp3) is 0.105. The Bertz CT molecular complexity index is 771. The van der Waals surface area contributed by atoms with Gasteiger partial charge < -0.3 is 10.0 Å². The molecule has 0 spiro atoms. The van der Waals surface area contributed by atoms with Crippen molar-refractivity contribution in [3.63, 3.8) is 0 Å². The lowest BCUT2D eigenvalue weighted by Gasteiger charge is -2.13. The number of hydrogen-bond donors (Lipinski definition) is 2. The molecule has 2 N–H and O–H groups in total. The second kappa shape index (κ2) is 8.43. The fourth-order valence-corrected chi connectivity index (χ4v) is 2.04. The molecule has 0 fully saturated rings. The molecule has 0 radical (unpaired) electrons. The lowest BCUT2D eigenvalue weighted by atomic mass is 10.0. The Morgan fingerprint density at radius 1 is 0.917 bits per heavy atom. The van der Waals surface area contributed by atoms with Gasteiger partial charge in [0.15, 0.2) is 5.82 Å². The summed E-state index contributed by atoms with van der Waals surface area (Å²) in [4.78, 5) is 5.82. The van der Waals surface area contributed by atoms with E-state index in [1.165, 1.54) is 5.69 Å². The number of nitrogens with zero attached hydrogens (tertiary/aromatic N) is 3. The summed E-state index contributed by atoms with van der Waals surface area (Å²) in [6.07, 6.45) is 1.60. The van der Waals surface area contributed by atoms with Gasteiger partial charge in [0.25, 0.3) is 0 Å². The van der Waals surface area contributed by atoms with E-state index in [9.17, 15) is 5.11 Å². The molecule has 0 atom stereocenters. The molecule has 0 saturated carbocycles. The molecule has 122 valence electrons. The predicted octanol–water partition coefficient (Wildman–Crippen LogP) is 4.87. The largest absolute Gasteiger partial charge is 0.508 e.